The summed E-state index contributed by atoms with van der Waals surface area (Å²) in [5.74, 6) is -1.97. The first-order valence-electron chi connectivity index (χ1n) is 14.4. The van der Waals surface area contributed by atoms with Gasteiger partial charge in [0.15, 0.2) is 0 Å². The number of nitrogens with zero attached hydrogens (tertiary/aromatic N) is 2. The van der Waals surface area contributed by atoms with Gasteiger partial charge < -0.3 is 15.0 Å². The second-order valence-electron chi connectivity index (χ2n) is 10.3. The number of ether oxygens (including phenoxy) is 1. The minimum atomic E-state index is -4.39. The molecule has 0 saturated heterocycles. The van der Waals surface area contributed by atoms with Crippen LogP contribution in [0, 0.1) is 11.6 Å². The van der Waals surface area contributed by atoms with Crippen molar-refractivity contribution in [3.63, 3.8) is 0 Å². The van der Waals surface area contributed by atoms with E-state index in [-0.39, 0.29) is 29.1 Å². The van der Waals surface area contributed by atoms with Crippen molar-refractivity contribution in [1.29, 1.82) is 0 Å². The third kappa shape index (κ3) is 8.45. The summed E-state index contributed by atoms with van der Waals surface area (Å²) in [7, 11) is -2.94. The van der Waals surface area contributed by atoms with Gasteiger partial charge in [0.2, 0.25) is 11.8 Å². The summed E-state index contributed by atoms with van der Waals surface area (Å²) in [4.78, 5) is 29.0. The van der Waals surface area contributed by atoms with Gasteiger partial charge >= 0.3 is 0 Å². The zero-order chi connectivity index (χ0) is 32.4. The van der Waals surface area contributed by atoms with Crippen LogP contribution in [0.15, 0.2) is 108 Å². The molecule has 236 valence electrons. The predicted molar refractivity (Wildman–Crippen MR) is 168 cm³/mol. The number of halogens is 2. The first-order valence-corrected chi connectivity index (χ1v) is 15.8. The summed E-state index contributed by atoms with van der Waals surface area (Å²) in [5.41, 5.74) is 0.932. The Balaban J connectivity index is 1.80. The number of carbonyl (C=O) groups excluding carboxylic acids is 2. The summed E-state index contributed by atoms with van der Waals surface area (Å²) < 4.78 is 62.9. The maximum Gasteiger partial charge on any atom is 0.264 e. The lowest BCUT2D eigenvalue weighted by Crippen LogP contribution is -2.53. The molecule has 2 amide bonds. The standard InChI is InChI=1S/C34H35F2N3O5S/c1-3-21-37-34(41)32(22-25-9-5-4-6-10-25)38(23-26-11-7-8-12-31(26)36)33(40)24-39(28-15-13-27(35)14-16-28)45(42,43)30-19-17-29(44-2)18-20-30/h4-20,32H,3,21-24H2,1-2H3,(H,37,41)/t32-/m0/s1. The molecule has 4 aromatic rings. The fourth-order valence-corrected chi connectivity index (χ4v) is 6.16. The first kappa shape index (κ1) is 33.1. The van der Waals surface area contributed by atoms with Crippen LogP contribution in [0.5, 0.6) is 5.75 Å². The van der Waals surface area contributed by atoms with E-state index in [1.807, 2.05) is 25.1 Å². The van der Waals surface area contributed by atoms with Crippen molar-refractivity contribution in [1.82, 2.24) is 10.2 Å². The molecule has 0 aliphatic carbocycles. The summed E-state index contributed by atoms with van der Waals surface area (Å²) in [6.07, 6.45) is 0.738. The lowest BCUT2D eigenvalue weighted by atomic mass is 10.0. The van der Waals surface area contributed by atoms with E-state index in [2.05, 4.69) is 5.32 Å². The largest absolute Gasteiger partial charge is 0.497 e. The number of amides is 2. The molecule has 0 heterocycles. The molecule has 0 aromatic heterocycles. The van der Waals surface area contributed by atoms with Crippen LogP contribution in [0.3, 0.4) is 0 Å². The summed E-state index contributed by atoms with van der Waals surface area (Å²) in [6, 6.07) is 24.1. The van der Waals surface area contributed by atoms with E-state index in [1.165, 1.54) is 66.6 Å². The Bertz CT molecular complexity index is 1690. The molecule has 0 aliphatic rings. The van der Waals surface area contributed by atoms with Crippen LogP contribution in [0.1, 0.15) is 24.5 Å². The van der Waals surface area contributed by atoms with Crippen LogP contribution in [-0.4, -0.2) is 51.4 Å². The minimum Gasteiger partial charge on any atom is -0.497 e. The number of benzene rings is 4. The Labute approximate surface area is 262 Å². The zero-order valence-corrected chi connectivity index (χ0v) is 25.8. The van der Waals surface area contributed by atoms with Gasteiger partial charge in [-0.05, 0) is 66.6 Å². The van der Waals surface area contributed by atoms with Gasteiger partial charge in [0.1, 0.15) is 30.0 Å². The van der Waals surface area contributed by atoms with E-state index in [9.17, 15) is 26.8 Å². The maximum absolute atomic E-state index is 15.0. The molecule has 0 aliphatic heterocycles. The van der Waals surface area contributed by atoms with Crippen molar-refractivity contribution in [2.75, 3.05) is 24.5 Å². The number of hydrogen-bond donors (Lipinski definition) is 1. The van der Waals surface area contributed by atoms with Gasteiger partial charge in [-0.15, -0.1) is 0 Å². The molecule has 0 radical (unpaired) electrons. The molecule has 0 fully saturated rings. The lowest BCUT2D eigenvalue weighted by Gasteiger charge is -2.34. The zero-order valence-electron chi connectivity index (χ0n) is 25.0. The van der Waals surface area contributed by atoms with Gasteiger partial charge in [0.25, 0.3) is 10.0 Å². The van der Waals surface area contributed by atoms with E-state index >= 15 is 0 Å². The molecule has 0 spiro atoms. The van der Waals surface area contributed by atoms with Gasteiger partial charge in [-0.2, -0.15) is 0 Å². The van der Waals surface area contributed by atoms with Crippen molar-refractivity contribution in [3.8, 4) is 5.75 Å². The second kappa shape index (κ2) is 15.3. The van der Waals surface area contributed by atoms with Crippen LogP contribution in [0.2, 0.25) is 0 Å². The number of carbonyl (C=O) groups is 2. The van der Waals surface area contributed by atoms with Crippen molar-refractivity contribution in [2.24, 2.45) is 0 Å². The Kier molecular flexibility index (Phi) is 11.3. The third-order valence-electron chi connectivity index (χ3n) is 7.16. The highest BCUT2D eigenvalue weighted by atomic mass is 32.2. The number of hydrogen-bond acceptors (Lipinski definition) is 5. The normalized spacial score (nSPS) is 11.8. The van der Waals surface area contributed by atoms with Crippen LogP contribution in [0.4, 0.5) is 14.5 Å². The Morgan fingerprint density at radius 3 is 2.13 bits per heavy atom. The maximum atomic E-state index is 15.0. The van der Waals surface area contributed by atoms with Crippen LogP contribution >= 0.6 is 0 Å². The lowest BCUT2D eigenvalue weighted by molar-refractivity contribution is -0.140. The number of rotatable bonds is 14. The molecular weight excluding hydrogens is 600 g/mol. The molecule has 8 nitrogen and oxygen atoms in total. The molecule has 11 heteroatoms. The van der Waals surface area contributed by atoms with Gasteiger partial charge in [-0.25, -0.2) is 17.2 Å². The van der Waals surface area contributed by atoms with Crippen LogP contribution < -0.4 is 14.4 Å². The highest BCUT2D eigenvalue weighted by Gasteiger charge is 2.35. The summed E-state index contributed by atoms with van der Waals surface area (Å²) >= 11 is 0. The number of methoxy groups -OCH3 is 1. The van der Waals surface area contributed by atoms with Crippen molar-refractivity contribution < 1.29 is 31.5 Å². The van der Waals surface area contributed by atoms with Crippen molar-refractivity contribution in [2.45, 2.75) is 37.2 Å². The average Bonchev–Trinajstić information content (AvgIpc) is 3.05. The monoisotopic (exact) mass is 635 g/mol. The molecular formula is C34H35F2N3O5S. The fourth-order valence-electron chi connectivity index (χ4n) is 4.74. The summed E-state index contributed by atoms with van der Waals surface area (Å²) in [5, 5.41) is 2.83. The summed E-state index contributed by atoms with van der Waals surface area (Å²) in [6.45, 7) is 1.18. The number of anilines is 1. The van der Waals surface area contributed by atoms with Gasteiger partial charge in [-0.3, -0.25) is 13.9 Å². The smallest absolute Gasteiger partial charge is 0.264 e. The van der Waals surface area contributed by atoms with Crippen LogP contribution in [-0.2, 0) is 32.6 Å². The van der Waals surface area contributed by atoms with E-state index in [1.54, 1.807) is 18.2 Å². The molecule has 1 atom stereocenters. The van der Waals surface area contributed by atoms with E-state index in [0.717, 1.165) is 22.0 Å². The van der Waals surface area contributed by atoms with Gasteiger partial charge in [-0.1, -0.05) is 55.5 Å². The minimum absolute atomic E-state index is 0.0291. The van der Waals surface area contributed by atoms with E-state index in [4.69, 9.17) is 4.74 Å². The Morgan fingerprint density at radius 2 is 1.51 bits per heavy atom. The van der Waals surface area contributed by atoms with Crippen molar-refractivity contribution in [3.05, 3.63) is 126 Å². The number of nitrogens with one attached hydrogen (secondary N) is 1. The average molecular weight is 636 g/mol. The fraction of sp³-hybridized carbons (Fsp3) is 0.235. The Morgan fingerprint density at radius 1 is 0.867 bits per heavy atom. The second-order valence-corrected chi connectivity index (χ2v) is 12.1. The quantitative estimate of drug-likeness (QED) is 0.202. The molecule has 4 rings (SSSR count). The van der Waals surface area contributed by atoms with E-state index in [0.29, 0.717) is 18.7 Å². The third-order valence-corrected chi connectivity index (χ3v) is 8.95. The predicted octanol–water partition coefficient (Wildman–Crippen LogP) is 5.34. The van der Waals surface area contributed by atoms with Crippen molar-refractivity contribution >= 4 is 27.5 Å². The van der Waals surface area contributed by atoms with Crippen LogP contribution in [0.25, 0.3) is 0 Å². The highest BCUT2D eigenvalue weighted by molar-refractivity contribution is 7.92. The molecule has 0 saturated carbocycles. The molecule has 0 bridgehead atoms. The number of sulfonamides is 1. The SMILES string of the molecule is CCCNC(=O)[C@H](Cc1ccccc1)N(Cc1ccccc1F)C(=O)CN(c1ccc(F)cc1)S(=O)(=O)c1ccc(OC)cc1. The van der Waals surface area contributed by atoms with Gasteiger partial charge in [0, 0.05) is 25.1 Å². The van der Waals surface area contributed by atoms with Gasteiger partial charge in [0.05, 0.1) is 17.7 Å². The Hall–Kier alpha value is -4.77. The first-order chi connectivity index (χ1) is 21.6. The highest BCUT2D eigenvalue weighted by Crippen LogP contribution is 2.27. The van der Waals surface area contributed by atoms with E-state index < -0.39 is 46.1 Å². The molecule has 0 unspecified atom stereocenters. The topological polar surface area (TPSA) is 96.0 Å². The molecule has 4 aromatic carbocycles. The molecule has 45 heavy (non-hydrogen) atoms. The molecule has 1 N–H and O–H groups in total.